The lowest BCUT2D eigenvalue weighted by atomic mass is 9.89. The number of sulfonamides is 1. The molecule has 3 N–H and O–H groups in total. The molecule has 0 fully saturated rings. The molecule has 4 rings (SSSR count). The number of amides is 1. The van der Waals surface area contributed by atoms with Gasteiger partial charge in [0.15, 0.2) is 6.10 Å². The van der Waals surface area contributed by atoms with Crippen LogP contribution in [0.3, 0.4) is 0 Å². The Morgan fingerprint density at radius 3 is 2.48 bits per heavy atom. The van der Waals surface area contributed by atoms with E-state index in [-0.39, 0.29) is 4.90 Å². The molecular weight excluding hydrogens is 442 g/mol. The molecule has 1 amide bonds. The largest absolute Gasteiger partial charge is 0.449 e. The number of pyridine rings is 1. The van der Waals surface area contributed by atoms with Crippen LogP contribution in [0.4, 0.5) is 5.69 Å². The molecule has 33 heavy (non-hydrogen) atoms. The highest BCUT2D eigenvalue weighted by atomic mass is 32.2. The van der Waals surface area contributed by atoms with Crippen molar-refractivity contribution in [3.05, 3.63) is 64.8 Å². The molecule has 0 aliphatic heterocycles. The number of carbonyl (C=O) groups excluding carboxylic acids is 2. The summed E-state index contributed by atoms with van der Waals surface area (Å²) in [6.45, 7) is 3.44. The number of nitrogens with one attached hydrogen (secondary N) is 1. The van der Waals surface area contributed by atoms with E-state index in [0.717, 1.165) is 53.4 Å². The minimum Gasteiger partial charge on any atom is -0.449 e. The second-order valence-corrected chi connectivity index (χ2v) is 9.81. The summed E-state index contributed by atoms with van der Waals surface area (Å²) in [6.07, 6.45) is 2.48. The molecule has 1 atom stereocenters. The van der Waals surface area contributed by atoms with E-state index in [0.29, 0.717) is 11.3 Å². The van der Waals surface area contributed by atoms with Gasteiger partial charge in [-0.15, -0.1) is 0 Å². The molecule has 0 spiro atoms. The monoisotopic (exact) mass is 467 g/mol. The molecule has 172 valence electrons. The number of aromatic nitrogens is 1. The molecule has 0 bridgehead atoms. The quantitative estimate of drug-likeness (QED) is 0.554. The van der Waals surface area contributed by atoms with Gasteiger partial charge in [-0.1, -0.05) is 11.6 Å². The third-order valence-electron chi connectivity index (χ3n) is 5.72. The number of hydrogen-bond donors (Lipinski definition) is 2. The highest BCUT2D eigenvalue weighted by Crippen LogP contribution is 2.30. The molecule has 0 unspecified atom stereocenters. The van der Waals surface area contributed by atoms with Gasteiger partial charge in [-0.25, -0.2) is 18.4 Å². The van der Waals surface area contributed by atoms with Gasteiger partial charge in [-0.05, 0) is 81.5 Å². The van der Waals surface area contributed by atoms with Crippen molar-refractivity contribution in [1.29, 1.82) is 0 Å². The van der Waals surface area contributed by atoms with Gasteiger partial charge < -0.3 is 10.1 Å². The number of nitrogens with two attached hydrogens (primary N) is 1. The van der Waals surface area contributed by atoms with Crippen molar-refractivity contribution in [2.75, 3.05) is 5.32 Å². The number of aryl methyl sites for hydroxylation is 2. The van der Waals surface area contributed by atoms with Crippen LogP contribution in [0, 0.1) is 6.92 Å². The minimum atomic E-state index is -3.83. The number of rotatable bonds is 5. The number of hydrogen-bond acceptors (Lipinski definition) is 6. The molecule has 3 aromatic rings. The topological polar surface area (TPSA) is 128 Å². The molecule has 8 nitrogen and oxygen atoms in total. The molecule has 9 heteroatoms. The molecule has 2 aromatic carbocycles. The number of carbonyl (C=O) groups is 2. The molecule has 0 saturated heterocycles. The van der Waals surface area contributed by atoms with Crippen LogP contribution in [0.25, 0.3) is 10.9 Å². The van der Waals surface area contributed by atoms with Crippen LogP contribution in [-0.4, -0.2) is 31.4 Å². The van der Waals surface area contributed by atoms with Crippen molar-refractivity contribution in [2.24, 2.45) is 5.14 Å². The molecule has 0 radical (unpaired) electrons. The van der Waals surface area contributed by atoms with Crippen LogP contribution < -0.4 is 10.5 Å². The van der Waals surface area contributed by atoms with Gasteiger partial charge in [0.2, 0.25) is 10.0 Å². The summed E-state index contributed by atoms with van der Waals surface area (Å²) in [6, 6.07) is 11.2. The Labute approximate surface area is 192 Å². The van der Waals surface area contributed by atoms with Crippen LogP contribution in [0.2, 0.25) is 0 Å². The van der Waals surface area contributed by atoms with E-state index in [4.69, 9.17) is 14.9 Å². The van der Waals surface area contributed by atoms with E-state index in [2.05, 4.69) is 5.32 Å². The number of esters is 1. The molecule has 1 aromatic heterocycles. The summed E-state index contributed by atoms with van der Waals surface area (Å²) in [5.41, 5.74) is 4.39. The Bertz CT molecular complexity index is 1350. The summed E-state index contributed by atoms with van der Waals surface area (Å²) in [5.74, 6) is -1.09. The molecule has 1 aliphatic carbocycles. The maximum Gasteiger partial charge on any atom is 0.339 e. The highest BCUT2D eigenvalue weighted by molar-refractivity contribution is 7.89. The Hall–Kier alpha value is -3.30. The number of anilines is 1. The molecule has 1 heterocycles. The van der Waals surface area contributed by atoms with E-state index >= 15 is 0 Å². The SMILES string of the molecule is Cc1ccc2nc3c(c(C(=O)O[C@H](C)C(=O)Nc4ccc(S(N)(=O)=O)cc4)c2c1)CCCC3. The fourth-order valence-corrected chi connectivity index (χ4v) is 4.53. The van der Waals surface area contributed by atoms with E-state index in [9.17, 15) is 18.0 Å². The third-order valence-corrected chi connectivity index (χ3v) is 6.65. The fourth-order valence-electron chi connectivity index (χ4n) is 4.02. The first kappa shape index (κ1) is 22.9. The second-order valence-electron chi connectivity index (χ2n) is 8.25. The smallest absolute Gasteiger partial charge is 0.339 e. The normalized spacial score (nSPS) is 14.4. The first-order chi connectivity index (χ1) is 15.6. The number of benzene rings is 2. The van der Waals surface area contributed by atoms with Crippen LogP contribution in [-0.2, 0) is 32.4 Å². The van der Waals surface area contributed by atoms with E-state index in [1.165, 1.54) is 31.2 Å². The number of primary sulfonamides is 1. The van der Waals surface area contributed by atoms with Gasteiger partial charge in [0, 0.05) is 16.8 Å². The second kappa shape index (κ2) is 8.92. The summed E-state index contributed by atoms with van der Waals surface area (Å²) < 4.78 is 28.3. The van der Waals surface area contributed by atoms with Gasteiger partial charge in [0.05, 0.1) is 16.0 Å². The van der Waals surface area contributed by atoms with Gasteiger partial charge in [0.25, 0.3) is 5.91 Å². The maximum absolute atomic E-state index is 13.3. The lowest BCUT2D eigenvalue weighted by Crippen LogP contribution is -2.30. The Balaban J connectivity index is 1.56. The summed E-state index contributed by atoms with van der Waals surface area (Å²) in [5, 5.41) is 8.44. The predicted molar refractivity (Wildman–Crippen MR) is 124 cm³/mol. The maximum atomic E-state index is 13.3. The fraction of sp³-hybridized carbons (Fsp3) is 0.292. The number of fused-ring (bicyclic) bond motifs is 2. The van der Waals surface area contributed by atoms with E-state index < -0.39 is 28.0 Å². The first-order valence-corrected chi connectivity index (χ1v) is 12.2. The van der Waals surface area contributed by atoms with Crippen LogP contribution >= 0.6 is 0 Å². The average molecular weight is 468 g/mol. The average Bonchev–Trinajstić information content (AvgIpc) is 2.77. The standard InChI is InChI=1S/C24H25N3O5S/c1-14-7-12-21-19(13-14)22(18-5-3-4-6-20(18)27-21)24(29)32-15(2)23(28)26-16-8-10-17(11-9-16)33(25,30)31/h7-13,15H,3-6H2,1-2H3,(H,26,28)(H2,25,30,31)/t15-/m1/s1. The van der Waals surface area contributed by atoms with Crippen LogP contribution in [0.5, 0.6) is 0 Å². The van der Waals surface area contributed by atoms with Crippen molar-refractivity contribution < 1.29 is 22.7 Å². The first-order valence-electron chi connectivity index (χ1n) is 10.7. The van der Waals surface area contributed by atoms with Crippen LogP contribution in [0.1, 0.15) is 46.9 Å². The zero-order valence-electron chi connectivity index (χ0n) is 18.4. The summed E-state index contributed by atoms with van der Waals surface area (Å²) in [7, 11) is -3.83. The number of ether oxygens (including phenoxy) is 1. The predicted octanol–water partition coefficient (Wildman–Crippen LogP) is 3.25. The summed E-state index contributed by atoms with van der Waals surface area (Å²) in [4.78, 5) is 30.6. The molecule has 0 saturated carbocycles. The van der Waals surface area contributed by atoms with E-state index in [1.54, 1.807) is 0 Å². The van der Waals surface area contributed by atoms with Crippen molar-refractivity contribution in [3.8, 4) is 0 Å². The zero-order valence-corrected chi connectivity index (χ0v) is 19.2. The lowest BCUT2D eigenvalue weighted by Gasteiger charge is -2.21. The van der Waals surface area contributed by atoms with Gasteiger partial charge in [-0.2, -0.15) is 0 Å². The van der Waals surface area contributed by atoms with Crippen molar-refractivity contribution in [2.45, 2.75) is 50.5 Å². The Morgan fingerprint density at radius 2 is 1.79 bits per heavy atom. The molecule has 1 aliphatic rings. The van der Waals surface area contributed by atoms with Gasteiger partial charge in [-0.3, -0.25) is 9.78 Å². The third kappa shape index (κ3) is 4.89. The Kier molecular flexibility index (Phi) is 6.18. The van der Waals surface area contributed by atoms with Crippen molar-refractivity contribution >= 4 is 38.5 Å². The summed E-state index contributed by atoms with van der Waals surface area (Å²) >= 11 is 0. The minimum absolute atomic E-state index is 0.0652. The Morgan fingerprint density at radius 1 is 1.09 bits per heavy atom. The lowest BCUT2D eigenvalue weighted by molar-refractivity contribution is -0.123. The van der Waals surface area contributed by atoms with Gasteiger partial charge >= 0.3 is 5.97 Å². The van der Waals surface area contributed by atoms with Gasteiger partial charge in [0.1, 0.15) is 0 Å². The van der Waals surface area contributed by atoms with Crippen molar-refractivity contribution in [1.82, 2.24) is 4.98 Å². The highest BCUT2D eigenvalue weighted by Gasteiger charge is 2.26. The zero-order chi connectivity index (χ0) is 23.8. The molecular formula is C24H25N3O5S. The van der Waals surface area contributed by atoms with Crippen LogP contribution in [0.15, 0.2) is 47.4 Å². The van der Waals surface area contributed by atoms with Crippen molar-refractivity contribution in [3.63, 3.8) is 0 Å². The van der Waals surface area contributed by atoms with E-state index in [1.807, 2.05) is 25.1 Å². The number of nitrogens with zero attached hydrogens (tertiary/aromatic N) is 1.